The molecule has 2 N–H and O–H groups in total. The van der Waals surface area contributed by atoms with Crippen molar-refractivity contribution >= 4 is 46.2 Å². The van der Waals surface area contributed by atoms with Crippen LogP contribution in [0.5, 0.6) is 0 Å². The number of urea groups is 1. The number of halogens is 1. The van der Waals surface area contributed by atoms with Crippen LogP contribution in [-0.4, -0.2) is 33.8 Å². The van der Waals surface area contributed by atoms with Crippen molar-refractivity contribution in [2.75, 3.05) is 12.3 Å². The number of carbonyl (C=O) groups excluding carboxylic acids is 2. The molecule has 2 aromatic heterocycles. The third kappa shape index (κ3) is 5.27. The van der Waals surface area contributed by atoms with Crippen LogP contribution in [0.15, 0.2) is 63.6 Å². The summed E-state index contributed by atoms with van der Waals surface area (Å²) in [5.41, 5.74) is 0.138. The smallest absolute Gasteiger partial charge is 0.321 e. The minimum Gasteiger partial charge on any atom is -0.467 e. The number of amides is 3. The van der Waals surface area contributed by atoms with E-state index in [1.54, 1.807) is 30.3 Å². The van der Waals surface area contributed by atoms with E-state index in [1.807, 2.05) is 0 Å². The molecule has 8 nitrogen and oxygen atoms in total. The molecule has 0 atom stereocenters. The van der Waals surface area contributed by atoms with Crippen LogP contribution in [0.3, 0.4) is 0 Å². The quantitative estimate of drug-likeness (QED) is 0.338. The molecule has 0 saturated heterocycles. The molecule has 0 fully saturated rings. The van der Waals surface area contributed by atoms with Gasteiger partial charge in [-0.15, -0.1) is 6.58 Å². The summed E-state index contributed by atoms with van der Waals surface area (Å²) in [5, 5.41) is 5.80. The first-order valence-electron chi connectivity index (χ1n) is 8.52. The van der Waals surface area contributed by atoms with Gasteiger partial charge in [-0.2, -0.15) is 0 Å². The minimum atomic E-state index is -0.623. The van der Waals surface area contributed by atoms with Crippen LogP contribution in [0.1, 0.15) is 5.76 Å². The molecule has 0 aliphatic heterocycles. The van der Waals surface area contributed by atoms with E-state index in [0.29, 0.717) is 26.8 Å². The summed E-state index contributed by atoms with van der Waals surface area (Å²) in [6, 6.07) is 7.65. The molecule has 1 aromatic carbocycles. The van der Waals surface area contributed by atoms with Crippen molar-refractivity contribution in [2.45, 2.75) is 11.7 Å². The van der Waals surface area contributed by atoms with Gasteiger partial charge < -0.3 is 9.73 Å². The van der Waals surface area contributed by atoms with Crippen LogP contribution in [0, 0.1) is 0 Å². The summed E-state index contributed by atoms with van der Waals surface area (Å²) in [6.07, 6.45) is 3.01. The lowest BCUT2D eigenvalue weighted by atomic mass is 10.2. The van der Waals surface area contributed by atoms with Gasteiger partial charge >= 0.3 is 6.03 Å². The summed E-state index contributed by atoms with van der Waals surface area (Å²) in [4.78, 5) is 41.1. The van der Waals surface area contributed by atoms with Crippen molar-refractivity contribution in [1.82, 2.24) is 20.2 Å². The monoisotopic (exact) mass is 432 g/mol. The number of rotatable bonds is 7. The third-order valence-electron chi connectivity index (χ3n) is 3.77. The Balaban J connectivity index is 1.86. The van der Waals surface area contributed by atoms with Gasteiger partial charge in [0.2, 0.25) is 5.91 Å². The lowest BCUT2D eigenvalue weighted by molar-refractivity contribution is -0.117. The zero-order valence-corrected chi connectivity index (χ0v) is 16.8. The molecular weight excluding hydrogens is 416 g/mol. The molecule has 150 valence electrons. The SMILES string of the molecule is C=CCNC(=O)NC(=O)CSc1nc2cc(Cl)ccc2c(=O)n1Cc1ccco1. The van der Waals surface area contributed by atoms with Gasteiger partial charge in [-0.3, -0.25) is 19.5 Å². The van der Waals surface area contributed by atoms with Crippen LogP contribution in [-0.2, 0) is 11.3 Å². The van der Waals surface area contributed by atoms with Crippen molar-refractivity contribution in [3.05, 3.63) is 70.4 Å². The molecule has 2 heterocycles. The second-order valence-electron chi connectivity index (χ2n) is 5.86. The maximum absolute atomic E-state index is 13.0. The van der Waals surface area contributed by atoms with E-state index >= 15 is 0 Å². The fraction of sp³-hybridized carbons (Fsp3) is 0.158. The second kappa shape index (κ2) is 9.44. The van der Waals surface area contributed by atoms with Gasteiger partial charge in [0.05, 0.1) is 29.5 Å². The van der Waals surface area contributed by atoms with Gasteiger partial charge in [0, 0.05) is 11.6 Å². The Kier molecular flexibility index (Phi) is 6.73. The summed E-state index contributed by atoms with van der Waals surface area (Å²) in [5.74, 6) is -0.0723. The van der Waals surface area contributed by atoms with E-state index in [9.17, 15) is 14.4 Å². The van der Waals surface area contributed by atoms with E-state index < -0.39 is 11.9 Å². The number of hydrogen-bond acceptors (Lipinski definition) is 6. The largest absolute Gasteiger partial charge is 0.467 e. The first-order valence-corrected chi connectivity index (χ1v) is 9.88. The van der Waals surface area contributed by atoms with Gasteiger partial charge in [-0.05, 0) is 30.3 Å². The van der Waals surface area contributed by atoms with Crippen molar-refractivity contribution in [3.63, 3.8) is 0 Å². The number of thioether (sulfide) groups is 1. The molecule has 3 rings (SSSR count). The first-order chi connectivity index (χ1) is 14.0. The van der Waals surface area contributed by atoms with Crippen molar-refractivity contribution in [3.8, 4) is 0 Å². The van der Waals surface area contributed by atoms with Gasteiger partial charge in [-0.25, -0.2) is 9.78 Å². The van der Waals surface area contributed by atoms with Crippen molar-refractivity contribution in [2.24, 2.45) is 0 Å². The Morgan fingerprint density at radius 2 is 2.17 bits per heavy atom. The Labute approximate surface area is 174 Å². The topological polar surface area (TPSA) is 106 Å². The van der Waals surface area contributed by atoms with E-state index in [4.69, 9.17) is 16.0 Å². The van der Waals surface area contributed by atoms with Crippen LogP contribution in [0.4, 0.5) is 4.79 Å². The number of imide groups is 1. The lowest BCUT2D eigenvalue weighted by Gasteiger charge is -2.12. The highest BCUT2D eigenvalue weighted by molar-refractivity contribution is 7.99. The van der Waals surface area contributed by atoms with Gasteiger partial charge in [-0.1, -0.05) is 29.4 Å². The second-order valence-corrected chi connectivity index (χ2v) is 7.24. The highest BCUT2D eigenvalue weighted by Crippen LogP contribution is 2.21. The predicted molar refractivity (Wildman–Crippen MR) is 111 cm³/mol. The molecule has 0 aliphatic rings. The first kappa shape index (κ1) is 20.7. The Morgan fingerprint density at radius 3 is 2.90 bits per heavy atom. The average molecular weight is 433 g/mol. The summed E-state index contributed by atoms with van der Waals surface area (Å²) >= 11 is 7.05. The van der Waals surface area contributed by atoms with E-state index in [1.165, 1.54) is 16.9 Å². The maximum atomic E-state index is 13.0. The fourth-order valence-corrected chi connectivity index (χ4v) is 3.45. The number of nitrogens with one attached hydrogen (secondary N) is 2. The standard InChI is InChI=1S/C19H17ClN4O4S/c1-2-7-21-18(27)23-16(25)11-29-19-22-15-9-12(20)5-6-14(15)17(26)24(19)10-13-4-3-8-28-13/h2-6,8-9H,1,7,10-11H2,(H2,21,23,25,27). The summed E-state index contributed by atoms with van der Waals surface area (Å²) in [7, 11) is 0. The molecule has 0 radical (unpaired) electrons. The number of benzene rings is 1. The van der Waals surface area contributed by atoms with Crippen LogP contribution in [0.25, 0.3) is 10.9 Å². The number of fused-ring (bicyclic) bond motifs is 1. The summed E-state index contributed by atoms with van der Waals surface area (Å²) < 4.78 is 6.76. The molecule has 3 aromatic rings. The number of aromatic nitrogens is 2. The van der Waals surface area contributed by atoms with Gasteiger partial charge in [0.1, 0.15) is 5.76 Å². The highest BCUT2D eigenvalue weighted by atomic mass is 35.5. The van der Waals surface area contributed by atoms with E-state index in [-0.39, 0.29) is 24.4 Å². The fourth-order valence-electron chi connectivity index (χ4n) is 2.48. The number of hydrogen-bond donors (Lipinski definition) is 2. The molecule has 0 saturated carbocycles. The number of carbonyl (C=O) groups is 2. The molecule has 0 spiro atoms. The highest BCUT2D eigenvalue weighted by Gasteiger charge is 2.16. The van der Waals surface area contributed by atoms with Gasteiger partial charge in [0.15, 0.2) is 5.16 Å². The predicted octanol–water partition coefficient (Wildman–Crippen LogP) is 2.80. The Hall–Kier alpha value is -3.04. The molecule has 0 aliphatic carbocycles. The Bertz CT molecular complexity index is 1110. The molecule has 0 unspecified atom stereocenters. The van der Waals surface area contributed by atoms with E-state index in [0.717, 1.165) is 11.8 Å². The zero-order valence-electron chi connectivity index (χ0n) is 15.2. The molecule has 0 bridgehead atoms. The van der Waals surface area contributed by atoms with E-state index in [2.05, 4.69) is 22.2 Å². The summed E-state index contributed by atoms with van der Waals surface area (Å²) in [6.45, 7) is 3.87. The lowest BCUT2D eigenvalue weighted by Crippen LogP contribution is -2.40. The Morgan fingerprint density at radius 1 is 1.34 bits per heavy atom. The van der Waals surface area contributed by atoms with Crippen LogP contribution in [0.2, 0.25) is 5.02 Å². The van der Waals surface area contributed by atoms with Crippen LogP contribution >= 0.6 is 23.4 Å². The molecule has 29 heavy (non-hydrogen) atoms. The van der Waals surface area contributed by atoms with Crippen molar-refractivity contribution < 1.29 is 14.0 Å². The normalized spacial score (nSPS) is 10.7. The number of furan rings is 1. The minimum absolute atomic E-state index is 0.113. The molecule has 3 amide bonds. The number of nitrogens with zero attached hydrogens (tertiary/aromatic N) is 2. The molecular formula is C19H17ClN4O4S. The van der Waals surface area contributed by atoms with Crippen molar-refractivity contribution in [1.29, 1.82) is 0 Å². The zero-order chi connectivity index (χ0) is 20.8. The third-order valence-corrected chi connectivity index (χ3v) is 4.98. The maximum Gasteiger partial charge on any atom is 0.321 e. The van der Waals surface area contributed by atoms with Crippen LogP contribution < -0.4 is 16.2 Å². The average Bonchev–Trinajstić information content (AvgIpc) is 3.20. The molecule has 10 heteroatoms. The van der Waals surface area contributed by atoms with Gasteiger partial charge in [0.25, 0.3) is 5.56 Å².